The molecule has 2 rings (SSSR count). The second-order valence-electron chi connectivity index (χ2n) is 9.69. The molecule has 0 spiro atoms. The number of hydrogen-bond donors (Lipinski definition) is 1. The Kier molecular flexibility index (Phi) is 9.37. The van der Waals surface area contributed by atoms with Crippen molar-refractivity contribution < 1.29 is 27.2 Å². The Morgan fingerprint density at radius 2 is 1.67 bits per heavy atom. The van der Waals surface area contributed by atoms with Gasteiger partial charge in [0.05, 0.1) is 11.9 Å². The van der Waals surface area contributed by atoms with Crippen LogP contribution in [0.25, 0.3) is 0 Å². The van der Waals surface area contributed by atoms with Gasteiger partial charge in [0, 0.05) is 17.6 Å². The van der Waals surface area contributed by atoms with Gasteiger partial charge in [0.25, 0.3) is 0 Å². The average molecular weight is 520 g/mol. The van der Waals surface area contributed by atoms with E-state index < -0.39 is 39.9 Å². The third-order valence-electron chi connectivity index (χ3n) is 5.37. The molecule has 196 valence electrons. The van der Waals surface area contributed by atoms with Crippen molar-refractivity contribution in [2.24, 2.45) is 0 Å². The number of amides is 2. The van der Waals surface area contributed by atoms with Crippen molar-refractivity contribution in [1.29, 1.82) is 0 Å². The van der Waals surface area contributed by atoms with Crippen molar-refractivity contribution in [2.75, 3.05) is 17.1 Å². The lowest BCUT2D eigenvalue weighted by Gasteiger charge is -2.34. The summed E-state index contributed by atoms with van der Waals surface area (Å²) >= 11 is 0. The number of anilines is 1. The Morgan fingerprint density at radius 1 is 1.06 bits per heavy atom. The van der Waals surface area contributed by atoms with Gasteiger partial charge in [-0.2, -0.15) is 0 Å². The van der Waals surface area contributed by atoms with Crippen LogP contribution in [0, 0.1) is 5.82 Å². The fourth-order valence-corrected chi connectivity index (χ4v) is 4.49. The number of hydrogen-bond acceptors (Lipinski definition) is 5. The summed E-state index contributed by atoms with van der Waals surface area (Å²) in [6, 6.07) is 10.6. The van der Waals surface area contributed by atoms with Gasteiger partial charge < -0.3 is 10.2 Å². The summed E-state index contributed by atoms with van der Waals surface area (Å²) in [6.45, 7) is 7.95. The first-order valence-electron chi connectivity index (χ1n) is 11.6. The number of rotatable bonds is 10. The number of nitrogens with zero attached hydrogens (tertiary/aromatic N) is 2. The maximum absolute atomic E-state index is 13.6. The van der Waals surface area contributed by atoms with E-state index in [1.54, 1.807) is 13.0 Å². The molecule has 0 aromatic heterocycles. The zero-order valence-corrected chi connectivity index (χ0v) is 22.4. The molecule has 1 atom stereocenters. The van der Waals surface area contributed by atoms with Crippen molar-refractivity contribution in [2.45, 2.75) is 59.2 Å². The molecule has 0 fully saturated rings. The molecule has 0 aliphatic rings. The van der Waals surface area contributed by atoms with Gasteiger partial charge in [-0.25, -0.2) is 12.8 Å². The van der Waals surface area contributed by atoms with Crippen LogP contribution in [0.15, 0.2) is 48.5 Å². The normalized spacial score (nSPS) is 12.5. The number of benzene rings is 2. The van der Waals surface area contributed by atoms with Gasteiger partial charge in [0.15, 0.2) is 5.78 Å². The molecule has 2 amide bonds. The number of nitrogens with one attached hydrogen (secondary N) is 1. The molecule has 1 unspecified atom stereocenters. The summed E-state index contributed by atoms with van der Waals surface area (Å²) in [4.78, 5) is 39.9. The van der Waals surface area contributed by atoms with Crippen molar-refractivity contribution in [3.63, 3.8) is 0 Å². The molecule has 0 radical (unpaired) electrons. The number of carbonyl (C=O) groups excluding carboxylic acids is 3. The van der Waals surface area contributed by atoms with Crippen LogP contribution in [0.2, 0.25) is 0 Å². The quantitative estimate of drug-likeness (QED) is 0.484. The number of ketones is 1. The summed E-state index contributed by atoms with van der Waals surface area (Å²) in [6.07, 6.45) is 1.24. The highest BCUT2D eigenvalue weighted by molar-refractivity contribution is 7.92. The molecular formula is C26H34FN3O5S. The SMILES string of the molecule is CCC(C(=O)NC(C)(C)C)N(Cc1ccc(F)cc1)C(=O)CN(c1cccc(C(C)=O)c1)S(C)(=O)=O. The van der Waals surface area contributed by atoms with Crippen LogP contribution in [0.3, 0.4) is 0 Å². The van der Waals surface area contributed by atoms with E-state index >= 15 is 0 Å². The molecule has 0 heterocycles. The van der Waals surface area contributed by atoms with Gasteiger partial charge >= 0.3 is 0 Å². The van der Waals surface area contributed by atoms with E-state index in [-0.39, 0.29) is 30.3 Å². The molecule has 0 aliphatic heterocycles. The van der Waals surface area contributed by atoms with Gasteiger partial charge in [-0.15, -0.1) is 0 Å². The van der Waals surface area contributed by atoms with Crippen molar-refractivity contribution in [1.82, 2.24) is 10.2 Å². The summed E-state index contributed by atoms with van der Waals surface area (Å²) in [5, 5.41) is 2.87. The van der Waals surface area contributed by atoms with E-state index in [4.69, 9.17) is 0 Å². The Morgan fingerprint density at radius 3 is 2.17 bits per heavy atom. The first-order chi connectivity index (χ1) is 16.6. The van der Waals surface area contributed by atoms with E-state index in [9.17, 15) is 27.2 Å². The molecule has 0 saturated heterocycles. The maximum atomic E-state index is 13.6. The van der Waals surface area contributed by atoms with Crippen LogP contribution in [0.1, 0.15) is 57.0 Å². The van der Waals surface area contributed by atoms with E-state index in [0.717, 1.165) is 10.6 Å². The fourth-order valence-electron chi connectivity index (χ4n) is 3.65. The lowest BCUT2D eigenvalue weighted by Crippen LogP contribution is -2.55. The van der Waals surface area contributed by atoms with Gasteiger partial charge in [-0.1, -0.05) is 31.2 Å². The van der Waals surface area contributed by atoms with Crippen molar-refractivity contribution in [3.8, 4) is 0 Å². The Labute approximate surface area is 212 Å². The van der Waals surface area contributed by atoms with Crippen LogP contribution in [0.5, 0.6) is 0 Å². The zero-order valence-electron chi connectivity index (χ0n) is 21.5. The molecule has 1 N–H and O–H groups in total. The Hall–Kier alpha value is -3.27. The Bertz CT molecular complexity index is 1210. The van der Waals surface area contributed by atoms with Crippen LogP contribution < -0.4 is 9.62 Å². The van der Waals surface area contributed by atoms with E-state index in [2.05, 4.69) is 5.32 Å². The predicted octanol–water partition coefficient (Wildman–Crippen LogP) is 3.52. The molecule has 0 aliphatic carbocycles. The first kappa shape index (κ1) is 29.0. The van der Waals surface area contributed by atoms with Gasteiger partial charge in [-0.3, -0.25) is 18.7 Å². The number of sulfonamides is 1. The second-order valence-corrected chi connectivity index (χ2v) is 11.6. The van der Waals surface area contributed by atoms with Gasteiger partial charge in [0.2, 0.25) is 21.8 Å². The van der Waals surface area contributed by atoms with E-state index in [0.29, 0.717) is 11.1 Å². The summed E-state index contributed by atoms with van der Waals surface area (Å²) in [5.74, 6) is -1.69. The second kappa shape index (κ2) is 11.6. The van der Waals surface area contributed by atoms with Crippen LogP contribution >= 0.6 is 0 Å². The molecular weight excluding hydrogens is 485 g/mol. The van der Waals surface area contributed by atoms with Crippen LogP contribution in [0.4, 0.5) is 10.1 Å². The molecule has 8 nitrogen and oxygen atoms in total. The average Bonchev–Trinajstić information content (AvgIpc) is 2.76. The zero-order chi connectivity index (χ0) is 27.3. The maximum Gasteiger partial charge on any atom is 0.244 e. The summed E-state index contributed by atoms with van der Waals surface area (Å²) in [5.41, 5.74) is 0.484. The number of Topliss-reactive ketones (excluding diaryl/α,β-unsaturated/α-hetero) is 1. The first-order valence-corrected chi connectivity index (χ1v) is 13.4. The van der Waals surface area contributed by atoms with Crippen molar-refractivity contribution >= 4 is 33.3 Å². The number of halogens is 1. The van der Waals surface area contributed by atoms with Crippen LogP contribution in [-0.4, -0.2) is 55.3 Å². The molecule has 2 aromatic carbocycles. The van der Waals surface area contributed by atoms with Gasteiger partial charge in [-0.05, 0) is 63.9 Å². The Balaban J connectivity index is 2.49. The molecule has 10 heteroatoms. The summed E-state index contributed by atoms with van der Waals surface area (Å²) in [7, 11) is -3.92. The topological polar surface area (TPSA) is 104 Å². The molecule has 0 saturated carbocycles. The third kappa shape index (κ3) is 8.15. The lowest BCUT2D eigenvalue weighted by molar-refractivity contribution is -0.141. The molecule has 36 heavy (non-hydrogen) atoms. The monoisotopic (exact) mass is 519 g/mol. The fraction of sp³-hybridized carbons (Fsp3) is 0.423. The molecule has 2 aromatic rings. The standard InChI is InChI=1S/C26H34FN3O5S/c1-7-23(25(33)28-26(3,4)5)29(16-19-11-13-21(27)14-12-19)24(32)17-30(36(6,34)35)22-10-8-9-20(15-22)18(2)31/h8-15,23H,7,16-17H2,1-6H3,(H,28,33). The summed E-state index contributed by atoms with van der Waals surface area (Å²) < 4.78 is 39.7. The third-order valence-corrected chi connectivity index (χ3v) is 6.51. The highest BCUT2D eigenvalue weighted by atomic mass is 32.2. The molecule has 0 bridgehead atoms. The lowest BCUT2D eigenvalue weighted by atomic mass is 10.1. The highest BCUT2D eigenvalue weighted by Gasteiger charge is 2.33. The van der Waals surface area contributed by atoms with Crippen molar-refractivity contribution in [3.05, 3.63) is 65.5 Å². The minimum Gasteiger partial charge on any atom is -0.350 e. The van der Waals surface area contributed by atoms with E-state index in [1.807, 2.05) is 20.8 Å². The minimum absolute atomic E-state index is 0.0275. The van der Waals surface area contributed by atoms with E-state index in [1.165, 1.54) is 54.3 Å². The smallest absolute Gasteiger partial charge is 0.244 e. The van der Waals surface area contributed by atoms with Gasteiger partial charge in [0.1, 0.15) is 18.4 Å². The highest BCUT2D eigenvalue weighted by Crippen LogP contribution is 2.21. The number of carbonyl (C=O) groups is 3. The minimum atomic E-state index is -3.92. The predicted molar refractivity (Wildman–Crippen MR) is 138 cm³/mol. The van der Waals surface area contributed by atoms with Crippen LogP contribution in [-0.2, 0) is 26.2 Å². The largest absolute Gasteiger partial charge is 0.350 e.